The largest absolute Gasteiger partial charge is 0.324 e. The number of anilines is 2. The van der Waals surface area contributed by atoms with Crippen LogP contribution in [0.2, 0.25) is 0 Å². The second-order valence-corrected chi connectivity index (χ2v) is 4.80. The molecular weight excluding hydrogens is 248 g/mol. The lowest BCUT2D eigenvalue weighted by Gasteiger charge is -2.23. The van der Waals surface area contributed by atoms with Gasteiger partial charge in [0.1, 0.15) is 11.6 Å². The van der Waals surface area contributed by atoms with Crippen LogP contribution < -0.4 is 4.90 Å². The Labute approximate surface area is 119 Å². The van der Waals surface area contributed by atoms with Crippen LogP contribution in [0.5, 0.6) is 0 Å². The highest BCUT2D eigenvalue weighted by atomic mass is 15.3. The molecule has 0 atom stereocenters. The molecule has 2 rings (SSSR count). The van der Waals surface area contributed by atoms with E-state index in [-0.39, 0.29) is 0 Å². The van der Waals surface area contributed by atoms with E-state index in [1.54, 1.807) is 0 Å². The van der Waals surface area contributed by atoms with Crippen LogP contribution >= 0.6 is 0 Å². The van der Waals surface area contributed by atoms with Gasteiger partial charge in [-0.05, 0) is 51.0 Å². The maximum Gasteiger partial charge on any atom is 0.173 e. The number of benzene rings is 1. The molecule has 0 unspecified atom stereocenters. The summed E-state index contributed by atoms with van der Waals surface area (Å²) in [5, 5.41) is 17.8. The third-order valence-electron chi connectivity index (χ3n) is 3.43. The minimum Gasteiger partial charge on any atom is -0.324 e. The van der Waals surface area contributed by atoms with Crippen LogP contribution in [-0.4, -0.2) is 16.7 Å². The number of aromatic nitrogens is 2. The summed E-state index contributed by atoms with van der Waals surface area (Å²) >= 11 is 0. The van der Waals surface area contributed by atoms with E-state index in [1.165, 1.54) is 5.56 Å². The van der Waals surface area contributed by atoms with Gasteiger partial charge in [0.05, 0.1) is 5.69 Å². The Morgan fingerprint density at radius 3 is 2.55 bits per heavy atom. The summed E-state index contributed by atoms with van der Waals surface area (Å²) in [6, 6.07) is 10.4. The molecule has 102 valence electrons. The second-order valence-electron chi connectivity index (χ2n) is 4.80. The maximum atomic E-state index is 9.43. The molecule has 20 heavy (non-hydrogen) atoms. The number of rotatable bonds is 3. The van der Waals surface area contributed by atoms with Crippen LogP contribution in [-0.2, 0) is 0 Å². The number of aryl methyl sites for hydroxylation is 2. The third kappa shape index (κ3) is 2.48. The van der Waals surface area contributed by atoms with E-state index >= 15 is 0 Å². The van der Waals surface area contributed by atoms with E-state index in [1.807, 2.05) is 37.8 Å². The molecule has 0 saturated carbocycles. The van der Waals surface area contributed by atoms with E-state index < -0.39 is 0 Å². The van der Waals surface area contributed by atoms with Crippen LogP contribution in [0.15, 0.2) is 24.3 Å². The lowest BCUT2D eigenvalue weighted by atomic mass is 10.1. The first-order valence-corrected chi connectivity index (χ1v) is 6.66. The van der Waals surface area contributed by atoms with Crippen LogP contribution in [0, 0.1) is 32.1 Å². The molecule has 0 fully saturated rings. The van der Waals surface area contributed by atoms with Gasteiger partial charge in [0.25, 0.3) is 0 Å². The molecule has 4 heteroatoms. The van der Waals surface area contributed by atoms with Gasteiger partial charge in [-0.1, -0.05) is 12.1 Å². The fourth-order valence-corrected chi connectivity index (χ4v) is 2.17. The van der Waals surface area contributed by atoms with Crippen molar-refractivity contribution >= 4 is 11.5 Å². The quantitative estimate of drug-likeness (QED) is 0.854. The van der Waals surface area contributed by atoms with Gasteiger partial charge in [0.2, 0.25) is 0 Å². The van der Waals surface area contributed by atoms with Crippen LogP contribution in [0.1, 0.15) is 29.3 Å². The van der Waals surface area contributed by atoms with Crippen molar-refractivity contribution in [3.63, 3.8) is 0 Å². The summed E-state index contributed by atoms with van der Waals surface area (Å²) in [6.45, 7) is 8.61. The Bertz CT molecular complexity index is 671. The summed E-state index contributed by atoms with van der Waals surface area (Å²) in [6.07, 6.45) is 0. The first-order chi connectivity index (χ1) is 9.58. The van der Waals surface area contributed by atoms with Crippen molar-refractivity contribution in [2.24, 2.45) is 0 Å². The van der Waals surface area contributed by atoms with Gasteiger partial charge in [0, 0.05) is 12.2 Å². The molecule has 0 saturated heterocycles. The van der Waals surface area contributed by atoms with Crippen molar-refractivity contribution in [2.45, 2.75) is 27.7 Å². The van der Waals surface area contributed by atoms with Crippen LogP contribution in [0.4, 0.5) is 11.5 Å². The van der Waals surface area contributed by atoms with Crippen molar-refractivity contribution in [3.05, 3.63) is 46.6 Å². The van der Waals surface area contributed by atoms with Gasteiger partial charge >= 0.3 is 0 Å². The summed E-state index contributed by atoms with van der Waals surface area (Å²) in [5.74, 6) is 0.628. The summed E-state index contributed by atoms with van der Waals surface area (Å²) in [7, 11) is 0. The Morgan fingerprint density at radius 1 is 1.20 bits per heavy atom. The Kier molecular flexibility index (Phi) is 3.99. The van der Waals surface area contributed by atoms with E-state index in [0.29, 0.717) is 11.4 Å². The normalized spacial score (nSPS) is 10.2. The van der Waals surface area contributed by atoms with E-state index in [4.69, 9.17) is 0 Å². The smallest absolute Gasteiger partial charge is 0.173 e. The molecular formula is C16H18N4. The minimum absolute atomic E-state index is 0.598. The van der Waals surface area contributed by atoms with Crippen molar-refractivity contribution < 1.29 is 0 Å². The molecule has 4 nitrogen and oxygen atoms in total. The lowest BCUT2D eigenvalue weighted by Crippen LogP contribution is -2.20. The van der Waals surface area contributed by atoms with Gasteiger partial charge in [-0.2, -0.15) is 10.4 Å². The van der Waals surface area contributed by atoms with Gasteiger partial charge in [-0.15, -0.1) is 5.10 Å². The Morgan fingerprint density at radius 2 is 1.95 bits per heavy atom. The number of nitrogens with zero attached hydrogens (tertiary/aromatic N) is 4. The monoisotopic (exact) mass is 266 g/mol. The molecule has 0 aliphatic heterocycles. The molecule has 0 aliphatic carbocycles. The van der Waals surface area contributed by atoms with Gasteiger partial charge in [0.15, 0.2) is 5.82 Å². The minimum atomic E-state index is 0.598. The number of nitriles is 1. The van der Waals surface area contributed by atoms with Crippen molar-refractivity contribution in [1.82, 2.24) is 10.2 Å². The molecule has 2 aromatic rings. The zero-order chi connectivity index (χ0) is 14.7. The zero-order valence-electron chi connectivity index (χ0n) is 12.3. The van der Waals surface area contributed by atoms with Crippen LogP contribution in [0.3, 0.4) is 0 Å². The highest BCUT2D eigenvalue weighted by molar-refractivity contribution is 5.67. The molecule has 0 amide bonds. The predicted molar refractivity (Wildman–Crippen MR) is 80.1 cm³/mol. The maximum absolute atomic E-state index is 9.43. The highest BCUT2D eigenvalue weighted by Crippen LogP contribution is 2.28. The average molecular weight is 266 g/mol. The van der Waals surface area contributed by atoms with Crippen molar-refractivity contribution in [1.29, 1.82) is 5.26 Å². The molecule has 0 N–H and O–H groups in total. The molecule has 1 aromatic carbocycles. The average Bonchev–Trinajstić information content (AvgIpc) is 2.44. The van der Waals surface area contributed by atoms with E-state index in [0.717, 1.165) is 23.5 Å². The molecule has 1 aromatic heterocycles. The Balaban J connectivity index is 2.59. The van der Waals surface area contributed by atoms with Crippen molar-refractivity contribution in [2.75, 3.05) is 11.4 Å². The van der Waals surface area contributed by atoms with Gasteiger partial charge < -0.3 is 4.90 Å². The number of hydrogen-bond acceptors (Lipinski definition) is 4. The number of hydrogen-bond donors (Lipinski definition) is 0. The highest BCUT2D eigenvalue weighted by Gasteiger charge is 2.17. The standard InChI is InChI=1S/C16H18N4/c1-5-20(14-8-6-7-11(2)9-14)16-15(10-17)12(3)13(4)18-19-16/h6-9H,5H2,1-4H3. The fraction of sp³-hybridized carbons (Fsp3) is 0.312. The zero-order valence-corrected chi connectivity index (χ0v) is 12.3. The molecule has 0 bridgehead atoms. The van der Waals surface area contributed by atoms with Gasteiger partial charge in [-0.3, -0.25) is 0 Å². The Hall–Kier alpha value is -2.41. The topological polar surface area (TPSA) is 52.8 Å². The summed E-state index contributed by atoms with van der Waals surface area (Å²) in [4.78, 5) is 2.02. The van der Waals surface area contributed by atoms with Gasteiger partial charge in [-0.25, -0.2) is 0 Å². The molecule has 1 heterocycles. The second kappa shape index (κ2) is 5.70. The molecule has 0 radical (unpaired) electrons. The van der Waals surface area contributed by atoms with Crippen LogP contribution in [0.25, 0.3) is 0 Å². The first-order valence-electron chi connectivity index (χ1n) is 6.66. The summed E-state index contributed by atoms with van der Waals surface area (Å²) in [5.41, 5.74) is 4.49. The molecule has 0 aliphatic rings. The van der Waals surface area contributed by atoms with E-state index in [2.05, 4.69) is 35.3 Å². The molecule has 0 spiro atoms. The predicted octanol–water partition coefficient (Wildman–Crippen LogP) is 3.43. The van der Waals surface area contributed by atoms with E-state index in [9.17, 15) is 5.26 Å². The lowest BCUT2D eigenvalue weighted by molar-refractivity contribution is 0.895. The first kappa shape index (κ1) is 14.0. The SMILES string of the molecule is CCN(c1cccc(C)c1)c1nnc(C)c(C)c1C#N. The fourth-order valence-electron chi connectivity index (χ4n) is 2.17. The third-order valence-corrected chi connectivity index (χ3v) is 3.43. The van der Waals surface area contributed by atoms with Crippen molar-refractivity contribution in [3.8, 4) is 6.07 Å². The summed E-state index contributed by atoms with van der Waals surface area (Å²) < 4.78 is 0.